The minimum atomic E-state index is 0.0353. The third-order valence-corrected chi connectivity index (χ3v) is 4.82. The number of hydrogen-bond donors (Lipinski definition) is 1. The number of nitrogens with one attached hydrogen (secondary N) is 1. The second-order valence-corrected chi connectivity index (χ2v) is 6.73. The average molecular weight is 353 g/mol. The van der Waals surface area contributed by atoms with E-state index < -0.39 is 0 Å². The Balaban J connectivity index is 1.47. The van der Waals surface area contributed by atoms with Crippen molar-refractivity contribution in [3.63, 3.8) is 0 Å². The Kier molecular flexibility index (Phi) is 6.12. The number of hydrogen-bond acceptors (Lipinski definition) is 4. The molecule has 5 nitrogen and oxygen atoms in total. The minimum Gasteiger partial charge on any atom is -0.497 e. The molecule has 1 fully saturated rings. The Morgan fingerprint density at radius 2 is 1.65 bits per heavy atom. The number of piperazine rings is 1. The zero-order valence-electron chi connectivity index (χ0n) is 15.6. The number of carbonyl (C=O) groups excluding carboxylic acids is 1. The summed E-state index contributed by atoms with van der Waals surface area (Å²) in [5, 5.41) is 2.98. The molecule has 26 heavy (non-hydrogen) atoms. The molecule has 0 radical (unpaired) electrons. The topological polar surface area (TPSA) is 44.8 Å². The maximum Gasteiger partial charge on any atom is 0.224 e. The van der Waals surface area contributed by atoms with E-state index in [1.807, 2.05) is 36.4 Å². The Morgan fingerprint density at radius 1 is 1.00 bits per heavy atom. The number of aryl methyl sites for hydroxylation is 1. The lowest BCUT2D eigenvalue weighted by Gasteiger charge is -2.34. The number of benzene rings is 2. The van der Waals surface area contributed by atoms with E-state index in [0.29, 0.717) is 6.42 Å². The first-order valence-corrected chi connectivity index (χ1v) is 9.10. The van der Waals surface area contributed by atoms with Crippen LogP contribution in [0.4, 0.5) is 11.4 Å². The number of carbonyl (C=O) groups is 1. The van der Waals surface area contributed by atoms with E-state index in [1.54, 1.807) is 7.11 Å². The van der Waals surface area contributed by atoms with Gasteiger partial charge in [-0.25, -0.2) is 0 Å². The van der Waals surface area contributed by atoms with Crippen LogP contribution in [0.25, 0.3) is 0 Å². The molecule has 0 aromatic heterocycles. The molecule has 2 aromatic rings. The molecule has 3 rings (SSSR count). The van der Waals surface area contributed by atoms with Crippen molar-refractivity contribution in [3.05, 3.63) is 54.1 Å². The van der Waals surface area contributed by atoms with E-state index in [9.17, 15) is 4.79 Å². The minimum absolute atomic E-state index is 0.0353. The zero-order chi connectivity index (χ0) is 18.4. The van der Waals surface area contributed by atoms with Crippen molar-refractivity contribution < 1.29 is 9.53 Å². The second-order valence-electron chi connectivity index (χ2n) is 6.73. The first-order chi connectivity index (χ1) is 12.6. The molecular formula is C21H27N3O2. The maximum absolute atomic E-state index is 12.2. The fraction of sp³-hybridized carbons (Fsp3) is 0.381. The Morgan fingerprint density at radius 3 is 2.27 bits per heavy atom. The van der Waals surface area contributed by atoms with Crippen LogP contribution in [-0.4, -0.2) is 51.1 Å². The van der Waals surface area contributed by atoms with Crippen molar-refractivity contribution >= 4 is 17.3 Å². The van der Waals surface area contributed by atoms with Gasteiger partial charge < -0.3 is 19.9 Å². The molecule has 1 aliphatic rings. The maximum atomic E-state index is 12.2. The molecule has 0 aliphatic carbocycles. The summed E-state index contributed by atoms with van der Waals surface area (Å²) in [6, 6.07) is 16.0. The number of anilines is 2. The summed E-state index contributed by atoms with van der Waals surface area (Å²) in [7, 11) is 3.80. The van der Waals surface area contributed by atoms with Crippen molar-refractivity contribution in [2.24, 2.45) is 0 Å². The summed E-state index contributed by atoms with van der Waals surface area (Å²) in [5.74, 6) is 0.867. The first-order valence-electron chi connectivity index (χ1n) is 9.10. The van der Waals surface area contributed by atoms with Gasteiger partial charge in [0.25, 0.3) is 0 Å². The highest BCUT2D eigenvalue weighted by molar-refractivity contribution is 5.91. The van der Waals surface area contributed by atoms with Gasteiger partial charge in [-0.15, -0.1) is 0 Å². The normalized spacial score (nSPS) is 14.9. The van der Waals surface area contributed by atoms with Crippen molar-refractivity contribution in [3.8, 4) is 5.75 Å². The highest BCUT2D eigenvalue weighted by Crippen LogP contribution is 2.19. The third-order valence-electron chi connectivity index (χ3n) is 4.82. The number of nitrogens with zero attached hydrogens (tertiary/aromatic N) is 2. The zero-order valence-corrected chi connectivity index (χ0v) is 15.6. The SMILES string of the molecule is COc1ccc(CCC(=O)Nc2ccc(N3CCN(C)CC3)cc2)cc1. The van der Waals surface area contributed by atoms with Crippen LogP contribution in [0.3, 0.4) is 0 Å². The number of amides is 1. The van der Waals surface area contributed by atoms with Gasteiger partial charge in [-0.3, -0.25) is 4.79 Å². The second kappa shape index (κ2) is 8.72. The van der Waals surface area contributed by atoms with Crippen LogP contribution in [-0.2, 0) is 11.2 Å². The molecule has 1 amide bonds. The predicted molar refractivity (Wildman–Crippen MR) is 106 cm³/mol. The molecule has 0 atom stereocenters. The molecule has 1 N–H and O–H groups in total. The molecule has 0 unspecified atom stereocenters. The van der Waals surface area contributed by atoms with Crippen LogP contribution in [0, 0.1) is 0 Å². The Hall–Kier alpha value is -2.53. The summed E-state index contributed by atoms with van der Waals surface area (Å²) >= 11 is 0. The summed E-state index contributed by atoms with van der Waals surface area (Å²) in [6.45, 7) is 4.27. The van der Waals surface area contributed by atoms with E-state index in [2.05, 4.69) is 34.3 Å². The summed E-state index contributed by atoms with van der Waals surface area (Å²) < 4.78 is 5.15. The fourth-order valence-electron chi connectivity index (χ4n) is 3.09. The fourth-order valence-corrected chi connectivity index (χ4v) is 3.09. The van der Waals surface area contributed by atoms with E-state index in [4.69, 9.17) is 4.74 Å². The van der Waals surface area contributed by atoms with Crippen LogP contribution in [0.5, 0.6) is 5.75 Å². The highest BCUT2D eigenvalue weighted by Gasteiger charge is 2.14. The Labute approximate surface area is 155 Å². The van der Waals surface area contributed by atoms with E-state index in [-0.39, 0.29) is 5.91 Å². The van der Waals surface area contributed by atoms with E-state index in [1.165, 1.54) is 5.69 Å². The van der Waals surface area contributed by atoms with Crippen molar-refractivity contribution in [1.29, 1.82) is 0 Å². The van der Waals surface area contributed by atoms with Gasteiger partial charge in [0, 0.05) is 44.0 Å². The molecule has 0 spiro atoms. The van der Waals surface area contributed by atoms with Gasteiger partial charge in [-0.05, 0) is 55.4 Å². The monoisotopic (exact) mass is 353 g/mol. The first kappa shape index (κ1) is 18.3. The van der Waals surface area contributed by atoms with Gasteiger partial charge >= 0.3 is 0 Å². The molecule has 0 saturated carbocycles. The van der Waals surface area contributed by atoms with Gasteiger partial charge in [-0.1, -0.05) is 12.1 Å². The van der Waals surface area contributed by atoms with Gasteiger partial charge in [0.05, 0.1) is 7.11 Å². The largest absolute Gasteiger partial charge is 0.497 e. The van der Waals surface area contributed by atoms with Gasteiger partial charge in [0.15, 0.2) is 0 Å². The number of ether oxygens (including phenoxy) is 1. The molecule has 1 saturated heterocycles. The van der Waals surface area contributed by atoms with Crippen molar-refractivity contribution in [2.75, 3.05) is 50.6 Å². The smallest absolute Gasteiger partial charge is 0.224 e. The average Bonchev–Trinajstić information content (AvgIpc) is 2.68. The third kappa shape index (κ3) is 4.99. The van der Waals surface area contributed by atoms with Crippen LogP contribution in [0.15, 0.2) is 48.5 Å². The molecule has 1 aliphatic heterocycles. The van der Waals surface area contributed by atoms with Crippen molar-refractivity contribution in [2.45, 2.75) is 12.8 Å². The molecule has 0 bridgehead atoms. The molecule has 138 valence electrons. The number of methoxy groups -OCH3 is 1. The summed E-state index contributed by atoms with van der Waals surface area (Å²) in [6.07, 6.45) is 1.18. The molecule has 2 aromatic carbocycles. The van der Waals surface area contributed by atoms with Gasteiger partial charge in [0.2, 0.25) is 5.91 Å². The molecule has 5 heteroatoms. The lowest BCUT2D eigenvalue weighted by atomic mass is 10.1. The molecule has 1 heterocycles. The highest BCUT2D eigenvalue weighted by atomic mass is 16.5. The van der Waals surface area contributed by atoms with Gasteiger partial charge in [-0.2, -0.15) is 0 Å². The van der Waals surface area contributed by atoms with Gasteiger partial charge in [0.1, 0.15) is 5.75 Å². The predicted octanol–water partition coefficient (Wildman–Crippen LogP) is 3.02. The van der Waals surface area contributed by atoms with Crippen LogP contribution < -0.4 is 15.0 Å². The van der Waals surface area contributed by atoms with E-state index >= 15 is 0 Å². The lowest BCUT2D eigenvalue weighted by molar-refractivity contribution is -0.116. The quantitative estimate of drug-likeness (QED) is 0.867. The van der Waals surface area contributed by atoms with Crippen LogP contribution >= 0.6 is 0 Å². The van der Waals surface area contributed by atoms with E-state index in [0.717, 1.165) is 49.6 Å². The Bertz CT molecular complexity index is 705. The van der Waals surface area contributed by atoms with Crippen molar-refractivity contribution in [1.82, 2.24) is 4.90 Å². The number of likely N-dealkylation sites (N-methyl/N-ethyl adjacent to an activating group) is 1. The summed E-state index contributed by atoms with van der Waals surface area (Å²) in [5.41, 5.74) is 3.20. The summed E-state index contributed by atoms with van der Waals surface area (Å²) in [4.78, 5) is 16.9. The standard InChI is InChI=1S/C21H27N3O2/c1-23-13-15-24(16-14-23)19-8-6-18(7-9-19)22-21(25)12-5-17-3-10-20(26-2)11-4-17/h3-4,6-11H,5,12-16H2,1-2H3,(H,22,25). The lowest BCUT2D eigenvalue weighted by Crippen LogP contribution is -2.44. The number of rotatable bonds is 6. The van der Waals surface area contributed by atoms with Crippen LogP contribution in [0.1, 0.15) is 12.0 Å². The molecular weight excluding hydrogens is 326 g/mol. The van der Waals surface area contributed by atoms with Crippen LogP contribution in [0.2, 0.25) is 0 Å².